The molecular formula is C20H24N2O2. The van der Waals surface area contributed by atoms with Gasteiger partial charge in [0.2, 0.25) is 0 Å². The summed E-state index contributed by atoms with van der Waals surface area (Å²) in [5.74, 6) is -1.12. The maximum absolute atomic E-state index is 11.9. The van der Waals surface area contributed by atoms with E-state index in [4.69, 9.17) is 11.5 Å². The highest BCUT2D eigenvalue weighted by molar-refractivity contribution is 5.77. The summed E-state index contributed by atoms with van der Waals surface area (Å²) in [5, 5.41) is 9.80. The molecule has 0 bridgehead atoms. The maximum Gasteiger partial charge on any atom is 0.310 e. The van der Waals surface area contributed by atoms with E-state index in [2.05, 4.69) is 18.2 Å². The summed E-state index contributed by atoms with van der Waals surface area (Å²) in [7, 11) is 0. The fourth-order valence-electron chi connectivity index (χ4n) is 3.69. The monoisotopic (exact) mass is 324 g/mol. The van der Waals surface area contributed by atoms with Crippen LogP contribution in [0.3, 0.4) is 0 Å². The number of hydrogen-bond acceptors (Lipinski definition) is 3. The number of anilines is 2. The normalized spacial score (nSPS) is 15.1. The number of carbonyl (C=O) groups is 1. The van der Waals surface area contributed by atoms with Gasteiger partial charge in [-0.15, -0.1) is 0 Å². The van der Waals surface area contributed by atoms with Crippen molar-refractivity contribution >= 4 is 17.3 Å². The molecule has 0 heterocycles. The topological polar surface area (TPSA) is 89.3 Å². The third-order valence-corrected chi connectivity index (χ3v) is 5.17. The Morgan fingerprint density at radius 1 is 1.00 bits per heavy atom. The molecular weight excluding hydrogens is 300 g/mol. The zero-order valence-corrected chi connectivity index (χ0v) is 14.2. The number of aliphatic carboxylic acids is 1. The van der Waals surface area contributed by atoms with Gasteiger partial charge in [0, 0.05) is 5.92 Å². The van der Waals surface area contributed by atoms with Crippen molar-refractivity contribution in [2.24, 2.45) is 5.41 Å². The summed E-state index contributed by atoms with van der Waals surface area (Å²) in [5.41, 5.74) is 16.5. The van der Waals surface area contributed by atoms with E-state index in [1.54, 1.807) is 26.0 Å². The van der Waals surface area contributed by atoms with Crippen LogP contribution in [0.15, 0.2) is 36.4 Å². The minimum absolute atomic E-state index is 0.288. The summed E-state index contributed by atoms with van der Waals surface area (Å²) < 4.78 is 0. The molecule has 4 heteroatoms. The number of rotatable bonds is 4. The summed E-state index contributed by atoms with van der Waals surface area (Å²) in [4.78, 5) is 11.9. The van der Waals surface area contributed by atoms with Crippen molar-refractivity contribution in [3.63, 3.8) is 0 Å². The molecule has 1 aliphatic rings. The Balaban J connectivity index is 2.15. The Labute approximate surface area is 142 Å². The van der Waals surface area contributed by atoms with Crippen LogP contribution in [0, 0.1) is 5.41 Å². The van der Waals surface area contributed by atoms with Gasteiger partial charge in [-0.2, -0.15) is 0 Å². The van der Waals surface area contributed by atoms with Gasteiger partial charge in [0.05, 0.1) is 16.8 Å². The van der Waals surface area contributed by atoms with Gasteiger partial charge in [0.1, 0.15) is 0 Å². The van der Waals surface area contributed by atoms with Crippen LogP contribution in [-0.4, -0.2) is 11.1 Å². The van der Waals surface area contributed by atoms with Crippen LogP contribution in [0.1, 0.15) is 48.4 Å². The predicted molar refractivity (Wildman–Crippen MR) is 97.0 cm³/mol. The zero-order valence-electron chi connectivity index (χ0n) is 14.2. The van der Waals surface area contributed by atoms with Crippen LogP contribution in [0.4, 0.5) is 11.4 Å². The van der Waals surface area contributed by atoms with E-state index in [1.165, 1.54) is 17.5 Å². The van der Waals surface area contributed by atoms with Crippen molar-refractivity contribution in [3.05, 3.63) is 58.7 Å². The van der Waals surface area contributed by atoms with Crippen LogP contribution in [0.5, 0.6) is 0 Å². The number of carboxylic acids is 1. The summed E-state index contributed by atoms with van der Waals surface area (Å²) in [6.45, 7) is 3.53. The first kappa shape index (κ1) is 16.4. The SMILES string of the molecule is CC(C)(C(=O)O)C(c1ccc(N)c(N)c1)c1ccc2c(c1)CCC2. The molecule has 24 heavy (non-hydrogen) atoms. The van der Waals surface area contributed by atoms with Crippen LogP contribution in [0.2, 0.25) is 0 Å². The van der Waals surface area contributed by atoms with E-state index < -0.39 is 11.4 Å². The number of carboxylic acid groups (broad SMARTS) is 1. The van der Waals surface area contributed by atoms with Gasteiger partial charge in [-0.3, -0.25) is 4.79 Å². The number of nitrogens with two attached hydrogens (primary N) is 2. The van der Waals surface area contributed by atoms with Gasteiger partial charge in [0.15, 0.2) is 0 Å². The molecule has 0 spiro atoms. The summed E-state index contributed by atoms with van der Waals surface area (Å²) in [6, 6.07) is 11.8. The molecule has 3 rings (SSSR count). The third-order valence-electron chi connectivity index (χ3n) is 5.17. The van der Waals surface area contributed by atoms with E-state index in [0.29, 0.717) is 11.4 Å². The Bertz CT molecular complexity index is 796. The van der Waals surface area contributed by atoms with Gasteiger partial charge in [-0.05, 0) is 67.5 Å². The predicted octanol–water partition coefficient (Wildman–Crippen LogP) is 3.58. The van der Waals surface area contributed by atoms with Crippen LogP contribution in [-0.2, 0) is 17.6 Å². The van der Waals surface area contributed by atoms with E-state index in [-0.39, 0.29) is 5.92 Å². The van der Waals surface area contributed by atoms with Crippen LogP contribution < -0.4 is 11.5 Å². The number of aryl methyl sites for hydroxylation is 2. The smallest absolute Gasteiger partial charge is 0.310 e. The molecule has 2 aromatic carbocycles. The molecule has 2 aromatic rings. The Morgan fingerprint density at radius 3 is 2.29 bits per heavy atom. The molecule has 0 fully saturated rings. The number of benzene rings is 2. The molecule has 4 nitrogen and oxygen atoms in total. The van der Waals surface area contributed by atoms with Gasteiger partial charge in [0.25, 0.3) is 0 Å². The summed E-state index contributed by atoms with van der Waals surface area (Å²) in [6.07, 6.45) is 3.34. The second kappa shape index (κ2) is 5.86. The van der Waals surface area contributed by atoms with Crippen molar-refractivity contribution in [1.82, 2.24) is 0 Å². The molecule has 5 N–H and O–H groups in total. The molecule has 0 saturated heterocycles. The molecule has 0 amide bonds. The third kappa shape index (κ3) is 2.73. The minimum atomic E-state index is -0.963. The highest BCUT2D eigenvalue weighted by Crippen LogP contribution is 2.43. The molecule has 0 aliphatic heterocycles. The second-order valence-corrected chi connectivity index (χ2v) is 7.23. The standard InChI is InChI=1S/C20H24N2O2/c1-20(2,19(23)24)18(15-8-9-16(21)17(22)11-15)14-7-6-12-4-3-5-13(12)10-14/h6-11,18H,3-5,21-22H2,1-2H3,(H,23,24). The molecule has 126 valence electrons. The van der Waals surface area contributed by atoms with Gasteiger partial charge in [-0.1, -0.05) is 24.3 Å². The average molecular weight is 324 g/mol. The first-order valence-corrected chi connectivity index (χ1v) is 8.30. The lowest BCUT2D eigenvalue weighted by Gasteiger charge is -2.32. The molecule has 1 atom stereocenters. The highest BCUT2D eigenvalue weighted by Gasteiger charge is 2.39. The first-order chi connectivity index (χ1) is 11.3. The Hall–Kier alpha value is -2.49. The van der Waals surface area contributed by atoms with Crippen molar-refractivity contribution in [1.29, 1.82) is 0 Å². The lowest BCUT2D eigenvalue weighted by molar-refractivity contribution is -0.147. The second-order valence-electron chi connectivity index (χ2n) is 7.23. The Kier molecular flexibility index (Phi) is 3.99. The van der Waals surface area contributed by atoms with Crippen molar-refractivity contribution in [2.75, 3.05) is 11.5 Å². The van der Waals surface area contributed by atoms with Gasteiger partial charge in [-0.25, -0.2) is 0 Å². The zero-order chi connectivity index (χ0) is 17.5. The summed E-state index contributed by atoms with van der Waals surface area (Å²) >= 11 is 0. The quantitative estimate of drug-likeness (QED) is 0.750. The molecule has 1 aliphatic carbocycles. The molecule has 0 radical (unpaired) electrons. The Morgan fingerprint density at radius 2 is 1.62 bits per heavy atom. The first-order valence-electron chi connectivity index (χ1n) is 8.30. The van der Waals surface area contributed by atoms with Crippen LogP contribution >= 0.6 is 0 Å². The minimum Gasteiger partial charge on any atom is -0.481 e. The fourth-order valence-corrected chi connectivity index (χ4v) is 3.69. The highest BCUT2D eigenvalue weighted by atomic mass is 16.4. The van der Waals surface area contributed by atoms with Crippen molar-refractivity contribution < 1.29 is 9.90 Å². The average Bonchev–Trinajstić information content (AvgIpc) is 2.98. The number of hydrogen-bond donors (Lipinski definition) is 3. The fraction of sp³-hybridized carbons (Fsp3) is 0.350. The lowest BCUT2D eigenvalue weighted by Crippen LogP contribution is -2.32. The van der Waals surface area contributed by atoms with Crippen molar-refractivity contribution in [2.45, 2.75) is 39.0 Å². The van der Waals surface area contributed by atoms with Gasteiger partial charge >= 0.3 is 5.97 Å². The van der Waals surface area contributed by atoms with E-state index >= 15 is 0 Å². The molecule has 0 aromatic heterocycles. The number of fused-ring (bicyclic) bond motifs is 1. The van der Waals surface area contributed by atoms with Crippen molar-refractivity contribution in [3.8, 4) is 0 Å². The molecule has 0 saturated carbocycles. The maximum atomic E-state index is 11.9. The van der Waals surface area contributed by atoms with Crippen LogP contribution in [0.25, 0.3) is 0 Å². The van der Waals surface area contributed by atoms with E-state index in [9.17, 15) is 9.90 Å². The lowest BCUT2D eigenvalue weighted by atomic mass is 9.71. The van der Waals surface area contributed by atoms with E-state index in [0.717, 1.165) is 24.0 Å². The van der Waals surface area contributed by atoms with Gasteiger partial charge < -0.3 is 16.6 Å². The molecule has 1 unspecified atom stereocenters. The number of nitrogen functional groups attached to an aromatic ring is 2. The van der Waals surface area contributed by atoms with E-state index in [1.807, 2.05) is 6.07 Å². The largest absolute Gasteiger partial charge is 0.481 e.